The van der Waals surface area contributed by atoms with Crippen molar-refractivity contribution in [1.29, 1.82) is 0 Å². The highest BCUT2D eigenvalue weighted by molar-refractivity contribution is 6.33. The Bertz CT molecular complexity index is 964. The lowest BCUT2D eigenvalue weighted by atomic mass is 10.2. The highest BCUT2D eigenvalue weighted by atomic mass is 35.5. The van der Waals surface area contributed by atoms with E-state index >= 15 is 0 Å². The summed E-state index contributed by atoms with van der Waals surface area (Å²) in [6.45, 7) is -0.00188. The fourth-order valence-corrected chi connectivity index (χ4v) is 2.64. The predicted molar refractivity (Wildman–Crippen MR) is 93.8 cm³/mol. The molecule has 2 aromatic carbocycles. The Morgan fingerprint density at radius 2 is 1.50 bits per heavy atom. The largest absolute Gasteiger partial charge is 0.440 e. The van der Waals surface area contributed by atoms with Gasteiger partial charge in [-0.15, -0.1) is 0 Å². The van der Waals surface area contributed by atoms with Crippen LogP contribution in [0.3, 0.4) is 0 Å². The van der Waals surface area contributed by atoms with E-state index in [2.05, 4.69) is 20.3 Å². The molecule has 0 atom stereocenters. The van der Waals surface area contributed by atoms with Crippen LogP contribution in [0.2, 0.25) is 10.0 Å². The van der Waals surface area contributed by atoms with Gasteiger partial charge in [-0.2, -0.15) is 9.97 Å². The van der Waals surface area contributed by atoms with Crippen LogP contribution in [0.15, 0.2) is 57.6 Å². The molecule has 0 aliphatic rings. The monoisotopic (exact) mass is 388 g/mol. The minimum absolute atomic E-state index is 0.00188. The van der Waals surface area contributed by atoms with E-state index in [-0.39, 0.29) is 12.7 Å². The zero-order valence-corrected chi connectivity index (χ0v) is 14.6. The van der Waals surface area contributed by atoms with Crippen molar-refractivity contribution in [1.82, 2.24) is 20.3 Å². The van der Waals surface area contributed by atoms with Gasteiger partial charge >= 0.3 is 6.08 Å². The quantitative estimate of drug-likeness (QED) is 0.490. The normalized spacial score (nSPS) is 10.8. The lowest BCUT2D eigenvalue weighted by Gasteiger charge is -1.96. The molecular weight excluding hydrogens is 379 g/mol. The maximum Gasteiger partial charge on any atom is 0.418 e. The third-order valence-electron chi connectivity index (χ3n) is 3.42. The summed E-state index contributed by atoms with van der Waals surface area (Å²) in [7, 11) is 0. The van der Waals surface area contributed by atoms with E-state index in [1.54, 1.807) is 24.3 Å². The second kappa shape index (κ2) is 7.15. The molecule has 2 aromatic heterocycles. The number of ether oxygens (including phenoxy) is 1. The Morgan fingerprint density at radius 3 is 2.23 bits per heavy atom. The summed E-state index contributed by atoms with van der Waals surface area (Å²) in [5.41, 5.74) is 1.29. The van der Waals surface area contributed by atoms with E-state index < -0.39 is 0 Å². The minimum atomic E-state index is -0.0241. The third kappa shape index (κ3) is 3.40. The summed E-state index contributed by atoms with van der Waals surface area (Å²) >= 11 is 12.2. The van der Waals surface area contributed by atoms with E-state index in [4.69, 9.17) is 37.0 Å². The zero-order chi connectivity index (χ0) is 17.9. The molecule has 9 heteroatoms. The van der Waals surface area contributed by atoms with Gasteiger partial charge in [0, 0.05) is 5.56 Å². The maximum atomic E-state index is 6.11. The minimum Gasteiger partial charge on any atom is -0.440 e. The summed E-state index contributed by atoms with van der Waals surface area (Å²) in [5.74, 6) is 0.948. The molecule has 26 heavy (non-hydrogen) atoms. The molecule has 0 aliphatic carbocycles. The van der Waals surface area contributed by atoms with Crippen LogP contribution in [-0.2, 0) is 6.61 Å². The Morgan fingerprint density at radius 1 is 0.808 bits per heavy atom. The van der Waals surface area contributed by atoms with Gasteiger partial charge in [0.1, 0.15) is 0 Å². The van der Waals surface area contributed by atoms with Crippen LogP contribution in [0.25, 0.3) is 22.8 Å². The molecule has 0 unspecified atom stereocenters. The van der Waals surface area contributed by atoms with Gasteiger partial charge in [-0.25, -0.2) is 0 Å². The standard InChI is InChI=1S/C17H10Cl2N4O3/c18-12-7-3-1-5-10(12)15-21-17(26-23-15)24-9-14-20-16(25-22-14)11-6-2-4-8-13(11)19/h1-8H,9H2. The molecule has 0 radical (unpaired) electrons. The van der Waals surface area contributed by atoms with Gasteiger partial charge in [-0.05, 0) is 24.3 Å². The highest BCUT2D eigenvalue weighted by Gasteiger charge is 2.15. The van der Waals surface area contributed by atoms with Gasteiger partial charge in [-0.1, -0.05) is 57.8 Å². The maximum absolute atomic E-state index is 6.11. The highest BCUT2D eigenvalue weighted by Crippen LogP contribution is 2.27. The van der Waals surface area contributed by atoms with Crippen molar-refractivity contribution in [2.45, 2.75) is 6.61 Å². The Labute approximate surface area is 157 Å². The van der Waals surface area contributed by atoms with Crippen molar-refractivity contribution in [3.05, 3.63) is 64.4 Å². The van der Waals surface area contributed by atoms with E-state index in [0.29, 0.717) is 38.7 Å². The Kier molecular flexibility index (Phi) is 4.55. The Hall–Kier alpha value is -2.90. The van der Waals surface area contributed by atoms with Gasteiger partial charge in [-0.3, -0.25) is 4.52 Å². The first-order valence-electron chi connectivity index (χ1n) is 7.49. The van der Waals surface area contributed by atoms with E-state index in [9.17, 15) is 0 Å². The molecule has 0 spiro atoms. The lowest BCUT2D eigenvalue weighted by Crippen LogP contribution is -1.97. The molecule has 7 nitrogen and oxygen atoms in total. The van der Waals surface area contributed by atoms with E-state index in [1.807, 2.05) is 24.3 Å². The van der Waals surface area contributed by atoms with E-state index in [1.165, 1.54) is 0 Å². The van der Waals surface area contributed by atoms with Crippen LogP contribution >= 0.6 is 23.2 Å². The molecule has 0 N–H and O–H groups in total. The first kappa shape index (κ1) is 16.6. The van der Waals surface area contributed by atoms with Gasteiger partial charge < -0.3 is 9.26 Å². The zero-order valence-electron chi connectivity index (χ0n) is 13.1. The molecule has 0 fully saturated rings. The summed E-state index contributed by atoms with van der Waals surface area (Å²) in [6, 6.07) is 14.3. The number of benzene rings is 2. The average molecular weight is 389 g/mol. The number of aromatic nitrogens is 4. The topological polar surface area (TPSA) is 87.1 Å². The van der Waals surface area contributed by atoms with Crippen LogP contribution in [0, 0.1) is 0 Å². The number of hydrogen-bond donors (Lipinski definition) is 0. The van der Waals surface area contributed by atoms with Crippen molar-refractivity contribution < 1.29 is 13.8 Å². The smallest absolute Gasteiger partial charge is 0.418 e. The van der Waals surface area contributed by atoms with Crippen molar-refractivity contribution in [2.75, 3.05) is 0 Å². The van der Waals surface area contributed by atoms with Crippen molar-refractivity contribution in [3.8, 4) is 28.9 Å². The van der Waals surface area contributed by atoms with Crippen molar-refractivity contribution >= 4 is 23.2 Å². The number of hydrogen-bond acceptors (Lipinski definition) is 7. The SMILES string of the molecule is Clc1ccccc1-c1noc(OCc2noc(-c3ccccc3Cl)n2)n1. The lowest BCUT2D eigenvalue weighted by molar-refractivity contribution is 0.188. The summed E-state index contributed by atoms with van der Waals surface area (Å²) in [5, 5.41) is 8.73. The van der Waals surface area contributed by atoms with E-state index in [0.717, 1.165) is 0 Å². The summed E-state index contributed by atoms with van der Waals surface area (Å²) in [4.78, 5) is 8.38. The molecule has 0 amide bonds. The van der Waals surface area contributed by atoms with Crippen LogP contribution in [0.4, 0.5) is 0 Å². The fourth-order valence-electron chi connectivity index (χ4n) is 2.20. The number of halogens is 2. The van der Waals surface area contributed by atoms with Crippen molar-refractivity contribution in [2.24, 2.45) is 0 Å². The molecule has 4 rings (SSSR count). The molecule has 0 saturated carbocycles. The molecular formula is C17H10Cl2N4O3. The molecule has 130 valence electrons. The van der Waals surface area contributed by atoms with Gasteiger partial charge in [0.15, 0.2) is 6.61 Å². The van der Waals surface area contributed by atoms with Gasteiger partial charge in [0.05, 0.1) is 15.6 Å². The second-order valence-corrected chi connectivity index (χ2v) is 5.96. The third-order valence-corrected chi connectivity index (χ3v) is 4.08. The van der Waals surface area contributed by atoms with Crippen LogP contribution < -0.4 is 4.74 Å². The first-order valence-corrected chi connectivity index (χ1v) is 8.25. The second-order valence-electron chi connectivity index (χ2n) is 5.15. The number of nitrogens with zero attached hydrogens (tertiary/aromatic N) is 4. The van der Waals surface area contributed by atoms with Crippen molar-refractivity contribution in [3.63, 3.8) is 0 Å². The summed E-state index contributed by atoms with van der Waals surface area (Å²) in [6.07, 6.45) is -0.0241. The Balaban J connectivity index is 1.46. The molecule has 0 saturated heterocycles. The molecule has 2 heterocycles. The average Bonchev–Trinajstić information content (AvgIpc) is 3.30. The van der Waals surface area contributed by atoms with Crippen LogP contribution in [0.5, 0.6) is 6.08 Å². The first-order chi connectivity index (χ1) is 12.7. The molecule has 0 aliphatic heterocycles. The summed E-state index contributed by atoms with van der Waals surface area (Å²) < 4.78 is 15.7. The number of rotatable bonds is 5. The van der Waals surface area contributed by atoms with Gasteiger partial charge in [0.2, 0.25) is 11.6 Å². The predicted octanol–water partition coefficient (Wildman–Crippen LogP) is 4.67. The van der Waals surface area contributed by atoms with Gasteiger partial charge in [0.25, 0.3) is 5.89 Å². The molecule has 4 aromatic rings. The fraction of sp³-hybridized carbons (Fsp3) is 0.0588. The molecule has 0 bridgehead atoms. The van der Waals surface area contributed by atoms with Crippen LogP contribution in [0.1, 0.15) is 5.82 Å². The van der Waals surface area contributed by atoms with Crippen LogP contribution in [-0.4, -0.2) is 20.3 Å².